The van der Waals surface area contributed by atoms with Gasteiger partial charge in [-0.3, -0.25) is 47.7 Å². The first-order valence-electron chi connectivity index (χ1n) is 33.6. The van der Waals surface area contributed by atoms with Crippen LogP contribution in [0.15, 0.2) is 179 Å². The van der Waals surface area contributed by atoms with Crippen LogP contribution in [-0.4, -0.2) is 129 Å². The summed E-state index contributed by atoms with van der Waals surface area (Å²) in [6, 6.07) is 27.8. The van der Waals surface area contributed by atoms with Gasteiger partial charge in [-0.05, 0) is 170 Å². The number of primary amides is 4. The van der Waals surface area contributed by atoms with Gasteiger partial charge in [-0.1, -0.05) is 94.1 Å². The minimum atomic E-state index is -0.999. The van der Waals surface area contributed by atoms with Crippen molar-refractivity contribution in [3.63, 3.8) is 0 Å². The van der Waals surface area contributed by atoms with Gasteiger partial charge in [-0.25, -0.2) is 34.7 Å². The number of alkyl halides is 1. The summed E-state index contributed by atoms with van der Waals surface area (Å²) in [5.41, 5.74) is 36.8. The molecule has 0 radical (unpaired) electrons. The number of nitrogens with zero attached hydrogens (tertiary/aromatic N) is 12. The smallest absolute Gasteiger partial charge is 0.328 e. The Morgan fingerprint density at radius 3 is 1.33 bits per heavy atom. The number of hydrogen-bond donors (Lipinski definition) is 8. The number of carbonyl (C=O) groups excluding carboxylic acids is 7. The number of rotatable bonds is 15. The lowest BCUT2D eigenvalue weighted by Gasteiger charge is -2.19. The van der Waals surface area contributed by atoms with E-state index < -0.39 is 46.8 Å². The van der Waals surface area contributed by atoms with Crippen molar-refractivity contribution in [3.8, 4) is 0 Å². The van der Waals surface area contributed by atoms with Crippen LogP contribution in [0.25, 0.3) is 48.8 Å². The molecule has 6 heterocycles. The van der Waals surface area contributed by atoms with Crippen molar-refractivity contribution < 1.29 is 57.7 Å². The molecule has 0 aliphatic heterocycles. The number of benzene rings is 5. The summed E-state index contributed by atoms with van der Waals surface area (Å²) in [6.45, 7) is 22.7. The van der Waals surface area contributed by atoms with E-state index >= 15 is 0 Å². The maximum Gasteiger partial charge on any atom is 0.328 e. The number of halogens is 4. The second-order valence-corrected chi connectivity index (χ2v) is 30.4. The van der Waals surface area contributed by atoms with Gasteiger partial charge in [0.25, 0.3) is 17.7 Å². The number of carboxylic acids is 1. The van der Waals surface area contributed by atoms with E-state index in [1.54, 1.807) is 133 Å². The van der Waals surface area contributed by atoms with Crippen LogP contribution in [0.2, 0.25) is 0 Å². The molecule has 0 fully saturated rings. The maximum atomic E-state index is 12.1. The number of carboxylic acid groups (broad SMARTS) is 1. The van der Waals surface area contributed by atoms with Crippen LogP contribution in [0, 0.1) is 6.57 Å². The highest BCUT2D eigenvalue weighted by Gasteiger charge is 2.25. The fraction of sp³-hybridized carbons (Fsp3) is 0.234. The van der Waals surface area contributed by atoms with Gasteiger partial charge in [0.1, 0.15) is 60.7 Å². The summed E-state index contributed by atoms with van der Waals surface area (Å²) >= 11 is 13.1. The van der Waals surface area contributed by atoms with Crippen LogP contribution in [0.5, 0.6) is 0 Å². The maximum absolute atomic E-state index is 12.1. The molecule has 6 aromatic heterocycles. The number of nitrogens with one attached hydrogen (secondary N) is 2. The highest BCUT2D eigenvalue weighted by molar-refractivity contribution is 9.11. The molecule has 112 heavy (non-hydrogen) atoms. The number of esters is 3. The molecule has 582 valence electrons. The monoisotopic (exact) mass is 1780 g/mol. The van der Waals surface area contributed by atoms with Crippen LogP contribution in [0.1, 0.15) is 116 Å². The van der Waals surface area contributed by atoms with Crippen LogP contribution >= 0.6 is 63.7 Å². The first kappa shape index (κ1) is 87.1. The van der Waals surface area contributed by atoms with E-state index in [9.17, 15) is 38.4 Å². The number of carbonyl (C=O) groups is 8. The van der Waals surface area contributed by atoms with Crippen molar-refractivity contribution in [2.24, 2.45) is 22.9 Å². The summed E-state index contributed by atoms with van der Waals surface area (Å²) in [6.07, 6.45) is 20.9. The van der Waals surface area contributed by atoms with E-state index in [1.165, 1.54) is 44.7 Å². The molecular formula is C77H79Br4N19O12. The second-order valence-electron chi connectivity index (χ2n) is 27.1. The average molecular weight is 1780 g/mol. The molecule has 0 unspecified atom stereocenters. The molecule has 4 amide bonds. The Bertz CT molecular complexity index is 5380. The van der Waals surface area contributed by atoms with Crippen molar-refractivity contribution in [3.05, 3.63) is 230 Å². The van der Waals surface area contributed by atoms with E-state index in [4.69, 9.17) is 54.6 Å². The molecule has 11 aromatic rings. The van der Waals surface area contributed by atoms with Gasteiger partial charge in [-0.2, -0.15) is 10.2 Å². The van der Waals surface area contributed by atoms with Crippen molar-refractivity contribution >= 4 is 184 Å². The largest absolute Gasteiger partial charge is 0.480 e. The molecule has 31 nitrogen and oxygen atoms in total. The van der Waals surface area contributed by atoms with Crippen LogP contribution in [-0.2, 0) is 70.7 Å². The molecule has 2 aliphatic rings. The zero-order valence-electron chi connectivity index (χ0n) is 62.0. The molecule has 0 saturated heterocycles. The minimum absolute atomic E-state index is 0.0807. The standard InChI is InChI=1S/C18H20N6O3.C15H13N5O3.C14H16BrN3O3.C10H8BrNO.C10H6BrN.C6H11BrO2.C4H5N3/c1-18(2,3)27-15(25)9-24-14-5-4-11(22-12-7-20-10-21-8-12)6-13(14)16(23-24)17(19)26;16-15(23)12-6-20(7-14(21)22)13-2-1-9(3-11(12)13)19-10-4-17-8-18-5-10;1-14(2,3)21-11(19)7-18-10-5-4-8(15)6-9(10)12(17-18)13(16)20;11-7-3-1-6-2-4-8(10(12)13)9(6)5-7;1-12-10-5-3-7-2-4-8(11)6-9(7)10;1-6(2,3)9-5(8)4-7;5-4-1-6-3-7-2-4/h4-8,10,22H,9H2,1-3H3,(H2,19,26);1-6,8,19H,7H2,(H2,16,23)(H,21,22);4-6H,7H2,1-3H3,(H2,16,20);1,3-5H,2H2,(H2,12,13);2,4-6H,3H2;4H2,1-3H3;1-3H,5H2. The van der Waals surface area contributed by atoms with Crippen LogP contribution in [0.3, 0.4) is 0 Å². The number of nitrogens with two attached hydrogens (primary N) is 5. The lowest BCUT2D eigenvalue weighted by molar-refractivity contribution is -0.156. The Balaban J connectivity index is 0.000000189. The Hall–Kier alpha value is -12.1. The average Bonchev–Trinajstić information content (AvgIpc) is 1.64. The molecule has 0 bridgehead atoms. The molecule has 35 heteroatoms. The van der Waals surface area contributed by atoms with E-state index in [-0.39, 0.29) is 59.4 Å². The van der Waals surface area contributed by atoms with Gasteiger partial charge in [0, 0.05) is 58.2 Å². The fourth-order valence-electron chi connectivity index (χ4n) is 10.5. The Morgan fingerprint density at radius 2 is 0.911 bits per heavy atom. The summed E-state index contributed by atoms with van der Waals surface area (Å²) in [5, 5.41) is 25.5. The fourth-order valence-corrected chi connectivity index (χ4v) is 11.7. The summed E-state index contributed by atoms with van der Waals surface area (Å²) in [5.74, 6) is -4.37. The number of nitrogen functional groups attached to an aromatic ring is 1. The molecular weight excluding hydrogens is 1700 g/mol. The van der Waals surface area contributed by atoms with Crippen molar-refractivity contribution in [2.75, 3.05) is 21.7 Å². The van der Waals surface area contributed by atoms with E-state index in [2.05, 4.69) is 125 Å². The van der Waals surface area contributed by atoms with Gasteiger partial charge in [0.05, 0.1) is 77.4 Å². The van der Waals surface area contributed by atoms with Gasteiger partial charge in [0.2, 0.25) is 5.91 Å². The lowest BCUT2D eigenvalue weighted by Crippen LogP contribution is -2.27. The third-order valence-corrected chi connectivity index (χ3v) is 16.7. The normalized spacial score (nSPS) is 11.6. The molecule has 0 spiro atoms. The molecule has 13 rings (SSSR count). The van der Waals surface area contributed by atoms with Crippen LogP contribution in [0.4, 0.5) is 28.4 Å². The number of allylic oxidation sites excluding steroid dienone is 2. The zero-order chi connectivity index (χ0) is 82.4. The van der Waals surface area contributed by atoms with E-state index in [0.717, 1.165) is 48.6 Å². The SMILES string of the molecule is CC(C)(C)OC(=O)CBr.CC(C)(C)OC(=O)Cn1nc(C(N)=O)c2cc(Br)ccc21.CC(C)(C)OC(=O)Cn1nc(C(N)=O)c2cc(Nc3cncnc3)ccc21.NC(=O)C1=CCc2ccc(Br)cc21.NC(=O)c1cn(CC(=O)O)c2ccc(Nc3cncnc3)cc12.Nc1cncnc1.[C-]#[N+]C1=CCc2ccc(Br)cc21. The number of fused-ring (bicyclic) bond motifs is 5. The highest BCUT2D eigenvalue weighted by Crippen LogP contribution is 2.33. The van der Waals surface area contributed by atoms with Crippen LogP contribution < -0.4 is 39.3 Å². The van der Waals surface area contributed by atoms with Gasteiger partial charge in [-0.15, -0.1) is 0 Å². The summed E-state index contributed by atoms with van der Waals surface area (Å²) < 4.78 is 22.6. The van der Waals surface area contributed by atoms with E-state index in [1.807, 2.05) is 63.3 Å². The topological polar surface area (TPSA) is 461 Å². The number of ether oxygens (including phenoxy) is 3. The number of amides is 4. The zero-order valence-corrected chi connectivity index (χ0v) is 68.4. The van der Waals surface area contributed by atoms with Crippen molar-refractivity contribution in [1.29, 1.82) is 0 Å². The molecule has 13 N–H and O–H groups in total. The summed E-state index contributed by atoms with van der Waals surface area (Å²) in [4.78, 5) is 118. The third-order valence-electron chi connectivity index (χ3n) is 14.7. The number of hydrogen-bond acceptors (Lipinski definition) is 22. The molecule has 2 aliphatic carbocycles. The molecule has 0 atom stereocenters. The van der Waals surface area contributed by atoms with Gasteiger partial charge >= 0.3 is 23.9 Å². The number of aliphatic carboxylic acids is 1. The number of anilines is 5. The second kappa shape index (κ2) is 39.5. The lowest BCUT2D eigenvalue weighted by atomic mass is 10.1. The highest BCUT2D eigenvalue weighted by atomic mass is 79.9. The quantitative estimate of drug-likeness (QED) is 0.0204. The third kappa shape index (κ3) is 26.6. The van der Waals surface area contributed by atoms with Crippen molar-refractivity contribution in [2.45, 2.75) is 112 Å². The molecule has 0 saturated carbocycles. The number of aromatic nitrogens is 11. The Morgan fingerprint density at radius 1 is 0.500 bits per heavy atom. The minimum Gasteiger partial charge on any atom is -0.480 e. The van der Waals surface area contributed by atoms with Gasteiger partial charge < -0.3 is 63.2 Å². The summed E-state index contributed by atoms with van der Waals surface area (Å²) in [7, 11) is 0. The van der Waals surface area contributed by atoms with Gasteiger partial charge in [0.15, 0.2) is 17.1 Å². The first-order valence-corrected chi connectivity index (χ1v) is 37.1. The predicted octanol–water partition coefficient (Wildman–Crippen LogP) is 12.5. The van der Waals surface area contributed by atoms with E-state index in [0.29, 0.717) is 66.7 Å². The Labute approximate surface area is 676 Å². The predicted molar refractivity (Wildman–Crippen MR) is 438 cm³/mol. The Kier molecular flexibility index (Phi) is 30.7. The van der Waals surface area contributed by atoms with Crippen molar-refractivity contribution in [1.82, 2.24) is 54.0 Å². The molecule has 5 aromatic carbocycles. The first-order chi connectivity index (χ1) is 52.8.